The van der Waals surface area contributed by atoms with Crippen molar-refractivity contribution >= 4 is 21.6 Å². The summed E-state index contributed by atoms with van der Waals surface area (Å²) in [7, 11) is 0. The third-order valence-corrected chi connectivity index (χ3v) is 5.48. The molecule has 0 spiro atoms. The average Bonchev–Trinajstić information content (AvgIpc) is 3.04. The highest BCUT2D eigenvalue weighted by molar-refractivity contribution is 7.17. The summed E-state index contributed by atoms with van der Waals surface area (Å²) in [4.78, 5) is 18.3. The molecule has 124 valence electrons. The molecule has 3 aromatic rings. The molecule has 0 bridgehead atoms. The predicted molar refractivity (Wildman–Crippen MR) is 97.6 cm³/mol. The van der Waals surface area contributed by atoms with Crippen molar-refractivity contribution in [2.24, 2.45) is 0 Å². The van der Waals surface area contributed by atoms with E-state index < -0.39 is 0 Å². The first-order chi connectivity index (χ1) is 11.7. The molecule has 0 radical (unpaired) electrons. The number of aromatic nitrogens is 2. The molecule has 0 amide bonds. The topological polar surface area (TPSA) is 44.1 Å². The number of fused-ring (bicyclic) bond motifs is 1. The van der Waals surface area contributed by atoms with Crippen LogP contribution in [0.2, 0.25) is 0 Å². The van der Waals surface area contributed by atoms with E-state index in [1.807, 2.05) is 5.38 Å². The van der Waals surface area contributed by atoms with Gasteiger partial charge in [-0.3, -0.25) is 9.36 Å². The van der Waals surface area contributed by atoms with Gasteiger partial charge < -0.3 is 4.74 Å². The van der Waals surface area contributed by atoms with Crippen LogP contribution in [-0.2, 0) is 11.3 Å². The highest BCUT2D eigenvalue weighted by atomic mass is 32.1. The van der Waals surface area contributed by atoms with Gasteiger partial charge in [0.15, 0.2) is 0 Å². The minimum atomic E-state index is 0.0333. The maximum atomic E-state index is 13.0. The highest BCUT2D eigenvalue weighted by Crippen LogP contribution is 2.30. The lowest BCUT2D eigenvalue weighted by molar-refractivity contribution is 0.00536. The molecule has 1 atom stereocenters. The number of ether oxygens (including phenoxy) is 1. The SMILES string of the molecule is Cc1ccc(-c2csc3ncn(CC4CCCCO4)c(=O)c23)cc1. The summed E-state index contributed by atoms with van der Waals surface area (Å²) >= 11 is 1.53. The van der Waals surface area contributed by atoms with Gasteiger partial charge in [0.25, 0.3) is 5.56 Å². The van der Waals surface area contributed by atoms with Crippen molar-refractivity contribution in [3.8, 4) is 11.1 Å². The first kappa shape index (κ1) is 15.5. The summed E-state index contributed by atoms with van der Waals surface area (Å²) in [5.41, 5.74) is 3.29. The van der Waals surface area contributed by atoms with Gasteiger partial charge in [-0.15, -0.1) is 11.3 Å². The van der Waals surface area contributed by atoms with Gasteiger partial charge in [-0.05, 0) is 31.7 Å². The molecule has 0 N–H and O–H groups in total. The molecule has 2 aromatic heterocycles. The zero-order valence-corrected chi connectivity index (χ0v) is 14.5. The van der Waals surface area contributed by atoms with Crippen molar-refractivity contribution in [1.29, 1.82) is 0 Å². The quantitative estimate of drug-likeness (QED) is 0.724. The normalized spacial score (nSPS) is 18.1. The molecule has 1 aliphatic heterocycles. The molecule has 3 heterocycles. The molecule has 1 unspecified atom stereocenters. The van der Waals surface area contributed by atoms with Gasteiger partial charge in [-0.1, -0.05) is 29.8 Å². The fourth-order valence-corrected chi connectivity index (χ4v) is 4.12. The second-order valence-electron chi connectivity index (χ2n) is 6.39. The van der Waals surface area contributed by atoms with Crippen LogP contribution in [0, 0.1) is 6.92 Å². The van der Waals surface area contributed by atoms with Crippen molar-refractivity contribution in [3.63, 3.8) is 0 Å². The number of benzene rings is 1. The van der Waals surface area contributed by atoms with E-state index in [9.17, 15) is 4.79 Å². The van der Waals surface area contributed by atoms with Crippen LogP contribution >= 0.6 is 11.3 Å². The standard InChI is InChI=1S/C19H20N2O2S/c1-13-5-7-14(8-6-13)16-11-24-18-17(16)19(22)21(12-20-18)10-15-4-2-3-9-23-15/h5-8,11-12,15H,2-4,9-10H2,1H3. The molecule has 5 heteroatoms. The minimum Gasteiger partial charge on any atom is -0.376 e. The molecule has 1 saturated heterocycles. The van der Waals surface area contributed by atoms with Crippen LogP contribution in [0.5, 0.6) is 0 Å². The molecule has 0 saturated carbocycles. The lowest BCUT2D eigenvalue weighted by Crippen LogP contribution is -2.30. The maximum Gasteiger partial charge on any atom is 0.262 e. The minimum absolute atomic E-state index is 0.0333. The Labute approximate surface area is 144 Å². The van der Waals surface area contributed by atoms with Crippen molar-refractivity contribution < 1.29 is 4.74 Å². The summed E-state index contributed by atoms with van der Waals surface area (Å²) in [5, 5.41) is 2.76. The average molecular weight is 340 g/mol. The van der Waals surface area contributed by atoms with Crippen molar-refractivity contribution in [2.75, 3.05) is 6.61 Å². The first-order valence-corrected chi connectivity index (χ1v) is 9.25. The van der Waals surface area contributed by atoms with E-state index in [0.29, 0.717) is 6.54 Å². The van der Waals surface area contributed by atoms with Crippen LogP contribution in [0.1, 0.15) is 24.8 Å². The van der Waals surface area contributed by atoms with Gasteiger partial charge in [0.1, 0.15) is 4.83 Å². The first-order valence-electron chi connectivity index (χ1n) is 8.37. The molecule has 1 fully saturated rings. The van der Waals surface area contributed by atoms with E-state index in [1.165, 1.54) is 23.3 Å². The van der Waals surface area contributed by atoms with E-state index in [0.717, 1.165) is 40.8 Å². The smallest absolute Gasteiger partial charge is 0.262 e. The second kappa shape index (κ2) is 6.49. The predicted octanol–water partition coefficient (Wildman–Crippen LogP) is 4.00. The number of rotatable bonds is 3. The number of nitrogens with zero attached hydrogens (tertiary/aromatic N) is 2. The van der Waals surface area contributed by atoms with E-state index in [1.54, 1.807) is 10.9 Å². The molecule has 24 heavy (non-hydrogen) atoms. The van der Waals surface area contributed by atoms with Crippen LogP contribution in [0.25, 0.3) is 21.3 Å². The van der Waals surface area contributed by atoms with Gasteiger partial charge in [0.2, 0.25) is 0 Å². The van der Waals surface area contributed by atoms with Crippen LogP contribution in [0.3, 0.4) is 0 Å². The van der Waals surface area contributed by atoms with Gasteiger partial charge in [0, 0.05) is 17.6 Å². The van der Waals surface area contributed by atoms with Crippen molar-refractivity contribution in [3.05, 3.63) is 51.9 Å². The van der Waals surface area contributed by atoms with Crippen LogP contribution < -0.4 is 5.56 Å². The third kappa shape index (κ3) is 2.89. The van der Waals surface area contributed by atoms with E-state index in [2.05, 4.69) is 36.2 Å². The van der Waals surface area contributed by atoms with Gasteiger partial charge >= 0.3 is 0 Å². The fourth-order valence-electron chi connectivity index (χ4n) is 3.21. The zero-order chi connectivity index (χ0) is 16.5. The molecule has 4 rings (SSSR count). The summed E-state index contributed by atoms with van der Waals surface area (Å²) in [6.07, 6.45) is 5.08. The lowest BCUT2D eigenvalue weighted by atomic mass is 10.0. The van der Waals surface area contributed by atoms with Crippen molar-refractivity contribution in [1.82, 2.24) is 9.55 Å². The maximum absolute atomic E-state index is 13.0. The molecule has 1 aromatic carbocycles. The van der Waals surface area contributed by atoms with Gasteiger partial charge in [-0.25, -0.2) is 4.98 Å². The number of hydrogen-bond acceptors (Lipinski definition) is 4. The molecular formula is C19H20N2O2S. The Kier molecular flexibility index (Phi) is 4.21. The van der Waals surface area contributed by atoms with E-state index in [4.69, 9.17) is 4.74 Å². The largest absolute Gasteiger partial charge is 0.376 e. The van der Waals surface area contributed by atoms with Crippen LogP contribution in [-0.4, -0.2) is 22.3 Å². The monoisotopic (exact) mass is 340 g/mol. The Morgan fingerprint density at radius 3 is 2.88 bits per heavy atom. The number of hydrogen-bond donors (Lipinski definition) is 0. The molecular weight excluding hydrogens is 320 g/mol. The summed E-state index contributed by atoms with van der Waals surface area (Å²) in [6, 6.07) is 8.28. The lowest BCUT2D eigenvalue weighted by Gasteiger charge is -2.23. The molecule has 0 aliphatic carbocycles. The Morgan fingerprint density at radius 1 is 1.29 bits per heavy atom. The van der Waals surface area contributed by atoms with E-state index >= 15 is 0 Å². The Balaban J connectivity index is 1.75. The van der Waals surface area contributed by atoms with Crippen molar-refractivity contribution in [2.45, 2.75) is 38.8 Å². The Hall–Kier alpha value is -1.98. The zero-order valence-electron chi connectivity index (χ0n) is 13.7. The van der Waals surface area contributed by atoms with Crippen LogP contribution in [0.4, 0.5) is 0 Å². The Bertz CT molecular complexity index is 905. The molecule has 4 nitrogen and oxygen atoms in total. The summed E-state index contributed by atoms with van der Waals surface area (Å²) < 4.78 is 7.48. The summed E-state index contributed by atoms with van der Waals surface area (Å²) in [5.74, 6) is 0. The highest BCUT2D eigenvalue weighted by Gasteiger charge is 2.18. The van der Waals surface area contributed by atoms with Crippen LogP contribution in [0.15, 0.2) is 40.8 Å². The van der Waals surface area contributed by atoms with E-state index in [-0.39, 0.29) is 11.7 Å². The van der Waals surface area contributed by atoms with Gasteiger partial charge in [-0.2, -0.15) is 0 Å². The van der Waals surface area contributed by atoms with Gasteiger partial charge in [0.05, 0.1) is 24.4 Å². The summed E-state index contributed by atoms with van der Waals surface area (Å²) in [6.45, 7) is 3.45. The second-order valence-corrected chi connectivity index (χ2v) is 7.24. The molecule has 1 aliphatic rings. The Morgan fingerprint density at radius 2 is 2.12 bits per heavy atom. The number of thiophene rings is 1. The number of aryl methyl sites for hydroxylation is 1. The fraction of sp³-hybridized carbons (Fsp3) is 0.368. The third-order valence-electron chi connectivity index (χ3n) is 4.60.